The van der Waals surface area contributed by atoms with E-state index in [1.54, 1.807) is 35.8 Å². The van der Waals surface area contributed by atoms with Crippen molar-refractivity contribution in [1.82, 2.24) is 4.57 Å². The number of halogens is 1. The fraction of sp³-hybridized carbons (Fsp3) is 0.111. The van der Waals surface area contributed by atoms with Crippen LogP contribution in [0.1, 0.15) is 17.3 Å². The summed E-state index contributed by atoms with van der Waals surface area (Å²) in [5.74, 6) is -0.870. The Morgan fingerprint density at radius 1 is 1.25 bits per heavy atom. The molecular formula is C18H12FNO4. The second-order valence-corrected chi connectivity index (χ2v) is 5.30. The summed E-state index contributed by atoms with van der Waals surface area (Å²) >= 11 is 0. The Hall–Kier alpha value is -3.15. The van der Waals surface area contributed by atoms with Gasteiger partial charge < -0.3 is 14.0 Å². The van der Waals surface area contributed by atoms with Crippen LogP contribution in [0.25, 0.3) is 16.6 Å². The number of fused-ring (bicyclic) bond motifs is 2. The number of carbonyl (C=O) groups excluding carboxylic acids is 1. The maximum absolute atomic E-state index is 14.2. The molecule has 0 radical (unpaired) electrons. The number of carbonyl (C=O) groups is 1. The molecule has 0 N–H and O–H groups in total. The van der Waals surface area contributed by atoms with Gasteiger partial charge in [-0.05, 0) is 31.2 Å². The first-order chi connectivity index (χ1) is 11.6. The van der Waals surface area contributed by atoms with E-state index in [4.69, 9.17) is 9.47 Å². The molecule has 2 heterocycles. The number of hydrogen-bond acceptors (Lipinski definition) is 4. The van der Waals surface area contributed by atoms with Crippen molar-refractivity contribution in [3.05, 3.63) is 64.2 Å². The fourth-order valence-electron chi connectivity index (χ4n) is 2.86. The normalized spacial score (nSPS) is 11.8. The quantitative estimate of drug-likeness (QED) is 0.530. The summed E-state index contributed by atoms with van der Waals surface area (Å²) in [7, 11) is 0. The molecule has 3 aromatic rings. The zero-order chi connectivity index (χ0) is 16.8. The van der Waals surface area contributed by atoms with Crippen LogP contribution in [0.15, 0.2) is 47.4 Å². The van der Waals surface area contributed by atoms with Crippen LogP contribution >= 0.6 is 0 Å². The maximum Gasteiger partial charge on any atom is 0.343 e. The van der Waals surface area contributed by atoms with Crippen molar-refractivity contribution >= 4 is 16.9 Å². The van der Waals surface area contributed by atoms with Crippen LogP contribution in [0, 0.1) is 5.82 Å². The molecule has 0 bridgehead atoms. The largest absolute Gasteiger partial charge is 0.462 e. The number of nitrogens with zero attached hydrogens (tertiary/aromatic N) is 1. The predicted octanol–water partition coefficient (Wildman–Crippen LogP) is 3.41. The minimum absolute atomic E-state index is 0.0290. The molecule has 0 saturated heterocycles. The zero-order valence-electron chi connectivity index (χ0n) is 12.7. The lowest BCUT2D eigenvalue weighted by molar-refractivity contribution is 0.0524. The van der Waals surface area contributed by atoms with E-state index >= 15 is 0 Å². The van der Waals surface area contributed by atoms with Gasteiger partial charge in [0.25, 0.3) is 0 Å². The minimum atomic E-state index is -0.706. The van der Waals surface area contributed by atoms with Crippen LogP contribution in [0.5, 0.6) is 11.5 Å². The van der Waals surface area contributed by atoms with E-state index in [-0.39, 0.29) is 23.3 Å². The molecule has 24 heavy (non-hydrogen) atoms. The molecule has 6 heteroatoms. The first-order valence-electron chi connectivity index (χ1n) is 7.44. The van der Waals surface area contributed by atoms with Gasteiger partial charge in [0.15, 0.2) is 17.3 Å². The van der Waals surface area contributed by atoms with Crippen molar-refractivity contribution in [3.8, 4) is 17.2 Å². The van der Waals surface area contributed by atoms with Crippen LogP contribution in [0.2, 0.25) is 0 Å². The van der Waals surface area contributed by atoms with Gasteiger partial charge in [-0.15, -0.1) is 0 Å². The number of ether oxygens (including phenoxy) is 2. The average Bonchev–Trinajstić information content (AvgIpc) is 2.59. The van der Waals surface area contributed by atoms with E-state index < -0.39 is 17.2 Å². The molecule has 0 aliphatic carbocycles. The molecule has 0 saturated carbocycles. The van der Waals surface area contributed by atoms with Gasteiger partial charge in [-0.3, -0.25) is 4.79 Å². The molecule has 120 valence electrons. The number of para-hydroxylation sites is 2. The first kappa shape index (κ1) is 14.4. The number of esters is 1. The average molecular weight is 325 g/mol. The highest BCUT2D eigenvalue weighted by Crippen LogP contribution is 2.40. The third-order valence-corrected chi connectivity index (χ3v) is 3.90. The Balaban J connectivity index is 2.14. The van der Waals surface area contributed by atoms with Gasteiger partial charge in [-0.1, -0.05) is 12.1 Å². The highest BCUT2D eigenvalue weighted by Gasteiger charge is 2.26. The summed E-state index contributed by atoms with van der Waals surface area (Å²) in [6, 6.07) is 9.52. The Labute approximate surface area is 135 Å². The standard InChI is InChI=1S/C18H12FNO4/c1-2-23-18(22)11-9-20-13-5-3-4-6-14(13)24-17-12(19)8-7-10(15(17)20)16(11)21/h3-9H,2H2,1H3. The van der Waals surface area contributed by atoms with Crippen molar-refractivity contribution in [2.75, 3.05) is 6.61 Å². The molecule has 1 aliphatic rings. The molecule has 0 atom stereocenters. The SMILES string of the molecule is CCOC(=O)c1cn2c3c(c(F)ccc3c1=O)Oc1ccccc1-2. The smallest absolute Gasteiger partial charge is 0.343 e. The van der Waals surface area contributed by atoms with Crippen LogP contribution in [0.3, 0.4) is 0 Å². The van der Waals surface area contributed by atoms with Gasteiger partial charge >= 0.3 is 5.97 Å². The number of pyridine rings is 1. The van der Waals surface area contributed by atoms with Crippen LogP contribution < -0.4 is 10.2 Å². The van der Waals surface area contributed by atoms with E-state index in [9.17, 15) is 14.0 Å². The Morgan fingerprint density at radius 3 is 2.83 bits per heavy atom. The van der Waals surface area contributed by atoms with Crippen molar-refractivity contribution < 1.29 is 18.7 Å². The molecular weight excluding hydrogens is 313 g/mol. The van der Waals surface area contributed by atoms with Gasteiger partial charge in [0, 0.05) is 6.20 Å². The van der Waals surface area contributed by atoms with Gasteiger partial charge in [0.2, 0.25) is 5.43 Å². The highest BCUT2D eigenvalue weighted by atomic mass is 19.1. The van der Waals surface area contributed by atoms with E-state index in [1.165, 1.54) is 12.3 Å². The third-order valence-electron chi connectivity index (χ3n) is 3.90. The van der Waals surface area contributed by atoms with Crippen LogP contribution in [-0.2, 0) is 4.74 Å². The van der Waals surface area contributed by atoms with Gasteiger partial charge in [-0.25, -0.2) is 9.18 Å². The van der Waals surface area contributed by atoms with Crippen molar-refractivity contribution in [2.45, 2.75) is 6.92 Å². The predicted molar refractivity (Wildman–Crippen MR) is 85.5 cm³/mol. The van der Waals surface area contributed by atoms with Crippen molar-refractivity contribution in [1.29, 1.82) is 0 Å². The van der Waals surface area contributed by atoms with Crippen molar-refractivity contribution in [2.24, 2.45) is 0 Å². The molecule has 0 fully saturated rings. The van der Waals surface area contributed by atoms with Gasteiger partial charge in [-0.2, -0.15) is 0 Å². The molecule has 4 rings (SSSR count). The molecule has 0 amide bonds. The van der Waals surface area contributed by atoms with Crippen LogP contribution in [0.4, 0.5) is 4.39 Å². The molecule has 1 aliphatic heterocycles. The summed E-state index contributed by atoms with van der Waals surface area (Å²) in [5, 5.41) is 0.200. The van der Waals surface area contributed by atoms with Gasteiger partial charge in [0.1, 0.15) is 11.1 Å². The van der Waals surface area contributed by atoms with E-state index in [2.05, 4.69) is 0 Å². The third kappa shape index (κ3) is 1.93. The number of aromatic nitrogens is 1. The summed E-state index contributed by atoms with van der Waals surface area (Å²) in [6.45, 7) is 1.82. The number of hydrogen-bond donors (Lipinski definition) is 0. The highest BCUT2D eigenvalue weighted by molar-refractivity contribution is 5.97. The second kappa shape index (κ2) is 5.19. The Bertz CT molecular complexity index is 1050. The van der Waals surface area contributed by atoms with Crippen molar-refractivity contribution in [3.63, 3.8) is 0 Å². The zero-order valence-corrected chi connectivity index (χ0v) is 12.7. The fourth-order valence-corrected chi connectivity index (χ4v) is 2.86. The molecule has 5 nitrogen and oxygen atoms in total. The summed E-state index contributed by atoms with van der Waals surface area (Å²) in [4.78, 5) is 24.7. The molecule has 0 unspecified atom stereocenters. The summed E-state index contributed by atoms with van der Waals surface area (Å²) in [5.41, 5.74) is 0.306. The minimum Gasteiger partial charge on any atom is -0.462 e. The summed E-state index contributed by atoms with van der Waals surface area (Å²) < 4.78 is 26.4. The number of rotatable bonds is 2. The lowest BCUT2D eigenvalue weighted by Crippen LogP contribution is -2.22. The molecule has 1 aromatic heterocycles. The molecule has 2 aromatic carbocycles. The number of benzene rings is 2. The monoisotopic (exact) mass is 325 g/mol. The lowest BCUT2D eigenvalue weighted by atomic mass is 10.1. The molecule has 0 spiro atoms. The van der Waals surface area contributed by atoms with E-state index in [1.807, 2.05) is 0 Å². The Kier molecular flexibility index (Phi) is 3.13. The lowest BCUT2D eigenvalue weighted by Gasteiger charge is -2.23. The second-order valence-electron chi connectivity index (χ2n) is 5.30. The van der Waals surface area contributed by atoms with E-state index in [0.29, 0.717) is 17.0 Å². The topological polar surface area (TPSA) is 57.5 Å². The maximum atomic E-state index is 14.2. The Morgan fingerprint density at radius 2 is 2.04 bits per heavy atom. The van der Waals surface area contributed by atoms with Crippen LogP contribution in [-0.4, -0.2) is 17.1 Å². The summed E-state index contributed by atoms with van der Waals surface area (Å²) in [6.07, 6.45) is 1.38. The van der Waals surface area contributed by atoms with E-state index in [0.717, 1.165) is 6.07 Å². The first-order valence-corrected chi connectivity index (χ1v) is 7.44. The van der Waals surface area contributed by atoms with Gasteiger partial charge in [0.05, 0.1) is 17.7 Å².